The Morgan fingerprint density at radius 3 is 2.64 bits per heavy atom. The summed E-state index contributed by atoms with van der Waals surface area (Å²) in [6, 6.07) is 1.98. The molecule has 0 atom stereocenters. The molecule has 0 aliphatic rings. The van der Waals surface area contributed by atoms with E-state index < -0.39 is 0 Å². The molecule has 1 aromatic rings. The highest BCUT2D eigenvalue weighted by Crippen LogP contribution is 2.13. The van der Waals surface area contributed by atoms with Gasteiger partial charge in [-0.3, -0.25) is 0 Å². The lowest BCUT2D eigenvalue weighted by Gasteiger charge is -2.11. The van der Waals surface area contributed by atoms with Crippen LogP contribution < -0.4 is 4.74 Å². The van der Waals surface area contributed by atoms with Crippen molar-refractivity contribution in [3.63, 3.8) is 0 Å². The van der Waals surface area contributed by atoms with Gasteiger partial charge < -0.3 is 9.64 Å². The van der Waals surface area contributed by atoms with Gasteiger partial charge in [0.05, 0.1) is 7.11 Å². The average Bonchev–Trinajstić information content (AvgIpc) is 2.15. The molecule has 0 bridgehead atoms. The number of hydrogen-bond donors (Lipinski definition) is 0. The molecule has 1 heterocycles. The zero-order valence-electron chi connectivity index (χ0n) is 9.37. The molecule has 0 N–H and O–H groups in total. The lowest BCUT2D eigenvalue weighted by molar-refractivity contribution is 0.395. The fourth-order valence-electron chi connectivity index (χ4n) is 1.28. The molecule has 0 saturated carbocycles. The molecular weight excluding hydrogens is 176 g/mol. The highest BCUT2D eigenvalue weighted by atomic mass is 16.5. The average molecular weight is 194 g/mol. The first-order valence-corrected chi connectivity index (χ1v) is 4.77. The van der Waals surface area contributed by atoms with Crippen LogP contribution in [0.1, 0.15) is 11.1 Å². The highest BCUT2D eigenvalue weighted by molar-refractivity contribution is 5.28. The molecule has 3 nitrogen and oxygen atoms in total. The number of hydrogen-bond acceptors (Lipinski definition) is 3. The Morgan fingerprint density at radius 1 is 1.43 bits per heavy atom. The minimum Gasteiger partial charge on any atom is -0.481 e. The summed E-state index contributed by atoms with van der Waals surface area (Å²) < 4.78 is 5.05. The molecule has 0 aliphatic carbocycles. The predicted octanol–water partition coefficient (Wildman–Crippen LogP) is 1.50. The number of ether oxygens (including phenoxy) is 1. The molecule has 1 rings (SSSR count). The van der Waals surface area contributed by atoms with Crippen LogP contribution in [0, 0.1) is 6.92 Å². The molecule has 1 aromatic heterocycles. The monoisotopic (exact) mass is 194 g/mol. The van der Waals surface area contributed by atoms with Crippen molar-refractivity contribution in [2.24, 2.45) is 0 Å². The number of rotatable bonds is 4. The van der Waals surface area contributed by atoms with Gasteiger partial charge in [-0.1, -0.05) is 0 Å². The maximum absolute atomic E-state index is 5.05. The third kappa shape index (κ3) is 3.00. The summed E-state index contributed by atoms with van der Waals surface area (Å²) in [7, 11) is 5.79. The van der Waals surface area contributed by atoms with Gasteiger partial charge in [0.15, 0.2) is 0 Å². The van der Waals surface area contributed by atoms with Crippen molar-refractivity contribution in [3.8, 4) is 5.88 Å². The minimum atomic E-state index is 0.691. The molecule has 0 amide bonds. The van der Waals surface area contributed by atoms with Crippen LogP contribution in [-0.2, 0) is 6.42 Å². The van der Waals surface area contributed by atoms with Crippen molar-refractivity contribution in [2.75, 3.05) is 27.7 Å². The molecule has 0 fully saturated rings. The van der Waals surface area contributed by atoms with Crippen LogP contribution in [0.2, 0.25) is 0 Å². The second-order valence-corrected chi connectivity index (χ2v) is 3.71. The van der Waals surface area contributed by atoms with E-state index in [1.165, 1.54) is 11.1 Å². The molecule has 0 aromatic carbocycles. The van der Waals surface area contributed by atoms with Gasteiger partial charge in [0.1, 0.15) is 0 Å². The molecule has 14 heavy (non-hydrogen) atoms. The quantitative estimate of drug-likeness (QED) is 0.726. The number of methoxy groups -OCH3 is 1. The zero-order chi connectivity index (χ0) is 10.6. The number of pyridine rings is 1. The smallest absolute Gasteiger partial charge is 0.213 e. The van der Waals surface area contributed by atoms with Gasteiger partial charge in [0, 0.05) is 18.8 Å². The van der Waals surface area contributed by atoms with Gasteiger partial charge in [-0.2, -0.15) is 0 Å². The second-order valence-electron chi connectivity index (χ2n) is 3.71. The van der Waals surface area contributed by atoms with E-state index in [1.807, 2.05) is 12.3 Å². The standard InChI is InChI=1S/C11H18N2O/c1-9-7-11(14-4)12-8-10(9)5-6-13(2)3/h7-8H,5-6H2,1-4H3. The highest BCUT2D eigenvalue weighted by Gasteiger charge is 2.01. The first-order valence-electron chi connectivity index (χ1n) is 4.77. The van der Waals surface area contributed by atoms with Crippen LogP contribution in [0.5, 0.6) is 5.88 Å². The van der Waals surface area contributed by atoms with Crippen molar-refractivity contribution < 1.29 is 4.74 Å². The van der Waals surface area contributed by atoms with E-state index in [4.69, 9.17) is 4.74 Å². The lowest BCUT2D eigenvalue weighted by Crippen LogP contribution is -2.15. The zero-order valence-corrected chi connectivity index (χ0v) is 9.37. The summed E-state index contributed by atoms with van der Waals surface area (Å²) in [6.45, 7) is 3.14. The Labute approximate surface area is 85.7 Å². The second kappa shape index (κ2) is 4.96. The van der Waals surface area contributed by atoms with Crippen LogP contribution in [0.3, 0.4) is 0 Å². The van der Waals surface area contributed by atoms with E-state index in [0.29, 0.717) is 5.88 Å². The first-order chi connectivity index (χ1) is 6.63. The minimum absolute atomic E-state index is 0.691. The van der Waals surface area contributed by atoms with Gasteiger partial charge in [-0.05, 0) is 38.6 Å². The van der Waals surface area contributed by atoms with Crippen molar-refractivity contribution in [2.45, 2.75) is 13.3 Å². The van der Waals surface area contributed by atoms with E-state index in [9.17, 15) is 0 Å². The van der Waals surface area contributed by atoms with Gasteiger partial charge in [-0.25, -0.2) is 4.98 Å². The van der Waals surface area contributed by atoms with E-state index >= 15 is 0 Å². The van der Waals surface area contributed by atoms with Crippen LogP contribution in [0.25, 0.3) is 0 Å². The molecular formula is C11H18N2O. The summed E-state index contributed by atoms with van der Waals surface area (Å²) in [6.07, 6.45) is 2.94. The van der Waals surface area contributed by atoms with Crippen molar-refractivity contribution in [1.29, 1.82) is 0 Å². The SMILES string of the molecule is COc1cc(C)c(CCN(C)C)cn1. The number of aromatic nitrogens is 1. The van der Waals surface area contributed by atoms with Crippen LogP contribution >= 0.6 is 0 Å². The summed E-state index contributed by atoms with van der Waals surface area (Å²) in [4.78, 5) is 6.37. The molecule has 0 spiro atoms. The molecule has 0 unspecified atom stereocenters. The number of nitrogens with zero attached hydrogens (tertiary/aromatic N) is 2. The summed E-state index contributed by atoms with van der Waals surface area (Å²) >= 11 is 0. The molecule has 3 heteroatoms. The topological polar surface area (TPSA) is 25.4 Å². The Hall–Kier alpha value is -1.09. The van der Waals surface area contributed by atoms with Crippen LogP contribution in [0.15, 0.2) is 12.3 Å². The van der Waals surface area contributed by atoms with E-state index in [-0.39, 0.29) is 0 Å². The van der Waals surface area contributed by atoms with Crippen LogP contribution in [0.4, 0.5) is 0 Å². The van der Waals surface area contributed by atoms with Crippen molar-refractivity contribution in [1.82, 2.24) is 9.88 Å². The van der Waals surface area contributed by atoms with Crippen molar-refractivity contribution in [3.05, 3.63) is 23.4 Å². The summed E-state index contributed by atoms with van der Waals surface area (Å²) in [5.74, 6) is 0.691. The van der Waals surface area contributed by atoms with Crippen LogP contribution in [-0.4, -0.2) is 37.6 Å². The van der Waals surface area contributed by atoms with Gasteiger partial charge >= 0.3 is 0 Å². The predicted molar refractivity (Wildman–Crippen MR) is 57.8 cm³/mol. The molecule has 0 aliphatic heterocycles. The first kappa shape index (κ1) is 11.0. The Balaban J connectivity index is 2.69. The van der Waals surface area contributed by atoms with Gasteiger partial charge in [0.2, 0.25) is 5.88 Å². The molecule has 0 saturated heterocycles. The Bertz CT molecular complexity index is 297. The van der Waals surface area contributed by atoms with E-state index in [2.05, 4.69) is 30.9 Å². The van der Waals surface area contributed by atoms with Gasteiger partial charge in [0.25, 0.3) is 0 Å². The largest absolute Gasteiger partial charge is 0.481 e. The van der Waals surface area contributed by atoms with Gasteiger partial charge in [-0.15, -0.1) is 0 Å². The Kier molecular flexibility index (Phi) is 3.89. The summed E-state index contributed by atoms with van der Waals surface area (Å²) in [5.41, 5.74) is 2.54. The Morgan fingerprint density at radius 2 is 2.14 bits per heavy atom. The van der Waals surface area contributed by atoms with Crippen molar-refractivity contribution >= 4 is 0 Å². The fraction of sp³-hybridized carbons (Fsp3) is 0.545. The number of likely N-dealkylation sites (N-methyl/N-ethyl adjacent to an activating group) is 1. The lowest BCUT2D eigenvalue weighted by atomic mass is 10.1. The third-order valence-electron chi connectivity index (χ3n) is 2.23. The number of aryl methyl sites for hydroxylation is 1. The summed E-state index contributed by atoms with van der Waals surface area (Å²) in [5, 5.41) is 0. The maximum Gasteiger partial charge on any atom is 0.213 e. The fourth-order valence-corrected chi connectivity index (χ4v) is 1.28. The van der Waals surface area contributed by atoms with E-state index in [0.717, 1.165) is 13.0 Å². The molecule has 0 radical (unpaired) electrons. The van der Waals surface area contributed by atoms with E-state index in [1.54, 1.807) is 7.11 Å². The molecule has 78 valence electrons. The third-order valence-corrected chi connectivity index (χ3v) is 2.23. The normalized spacial score (nSPS) is 10.6. The maximum atomic E-state index is 5.05.